The summed E-state index contributed by atoms with van der Waals surface area (Å²) >= 11 is 6.12. The van der Waals surface area contributed by atoms with Crippen LogP contribution in [0.4, 0.5) is 0 Å². The summed E-state index contributed by atoms with van der Waals surface area (Å²) in [4.78, 5) is 24.2. The van der Waals surface area contributed by atoms with E-state index in [1.54, 1.807) is 12.1 Å². The Morgan fingerprint density at radius 3 is 2.72 bits per heavy atom. The number of esters is 1. The van der Waals surface area contributed by atoms with Crippen molar-refractivity contribution in [3.05, 3.63) is 69.7 Å². The average Bonchev–Trinajstić information content (AvgIpc) is 3.07. The molecule has 1 N–H and O–H groups in total. The molecule has 2 aromatic rings. The minimum Gasteiger partial charge on any atom is -0.452 e. The normalized spacial score (nSPS) is 13.8. The topological polar surface area (TPSA) is 55.4 Å². The van der Waals surface area contributed by atoms with Crippen LogP contribution in [-0.2, 0) is 22.4 Å². The first-order valence-electron chi connectivity index (χ1n) is 8.37. The Kier molecular flexibility index (Phi) is 5.39. The lowest BCUT2D eigenvalue weighted by Crippen LogP contribution is -2.31. The second kappa shape index (κ2) is 7.70. The molecule has 2 aromatic carbocycles. The highest BCUT2D eigenvalue weighted by Gasteiger charge is 2.17. The van der Waals surface area contributed by atoms with Crippen LogP contribution in [0, 0.1) is 0 Å². The third kappa shape index (κ3) is 4.20. The first kappa shape index (κ1) is 17.5. The molecule has 0 fully saturated rings. The molecule has 1 atom stereocenters. The number of ether oxygens (including phenoxy) is 1. The molecule has 0 bridgehead atoms. The van der Waals surface area contributed by atoms with E-state index in [1.807, 2.05) is 37.3 Å². The lowest BCUT2D eigenvalue weighted by atomic mass is 10.1. The molecule has 1 amide bonds. The first-order valence-corrected chi connectivity index (χ1v) is 8.75. The van der Waals surface area contributed by atoms with Crippen LogP contribution < -0.4 is 5.32 Å². The Balaban J connectivity index is 1.53. The third-order valence-corrected chi connectivity index (χ3v) is 4.76. The number of carbonyl (C=O) groups excluding carboxylic acids is 2. The van der Waals surface area contributed by atoms with Crippen molar-refractivity contribution in [1.29, 1.82) is 0 Å². The number of nitrogens with one attached hydrogen (secondary N) is 1. The lowest BCUT2D eigenvalue weighted by molar-refractivity contribution is -0.124. The highest BCUT2D eigenvalue weighted by atomic mass is 35.5. The Bertz CT molecular complexity index is 803. The number of carbonyl (C=O) groups is 2. The molecule has 0 radical (unpaired) electrons. The first-order chi connectivity index (χ1) is 12.0. The van der Waals surface area contributed by atoms with E-state index in [-0.39, 0.29) is 18.6 Å². The van der Waals surface area contributed by atoms with E-state index >= 15 is 0 Å². The summed E-state index contributed by atoms with van der Waals surface area (Å²) in [5, 5.41) is 3.37. The van der Waals surface area contributed by atoms with Crippen LogP contribution in [0.2, 0.25) is 5.02 Å². The number of hydrogen-bond donors (Lipinski definition) is 1. The predicted octanol–water partition coefficient (Wildman–Crippen LogP) is 3.86. The standard InChI is InChI=1S/C20H20ClNO3/c1-13(17-7-2-3-8-18(17)21)22-19(23)12-25-20(24)16-10-9-14-5-4-6-15(14)11-16/h2-3,7-11,13H,4-6,12H2,1H3,(H,22,23)/t13-/m1/s1. The van der Waals surface area contributed by atoms with Crippen molar-refractivity contribution < 1.29 is 14.3 Å². The summed E-state index contributed by atoms with van der Waals surface area (Å²) in [6.45, 7) is 1.52. The van der Waals surface area contributed by atoms with Gasteiger partial charge in [-0.2, -0.15) is 0 Å². The van der Waals surface area contributed by atoms with Crippen molar-refractivity contribution in [2.24, 2.45) is 0 Å². The van der Waals surface area contributed by atoms with Crippen molar-refractivity contribution in [2.45, 2.75) is 32.2 Å². The fraction of sp³-hybridized carbons (Fsp3) is 0.300. The second-order valence-electron chi connectivity index (χ2n) is 6.22. The van der Waals surface area contributed by atoms with Crippen LogP contribution >= 0.6 is 11.6 Å². The van der Waals surface area contributed by atoms with Gasteiger partial charge in [0, 0.05) is 5.02 Å². The van der Waals surface area contributed by atoms with Crippen molar-refractivity contribution >= 4 is 23.5 Å². The lowest BCUT2D eigenvalue weighted by Gasteiger charge is -2.15. The van der Waals surface area contributed by atoms with Gasteiger partial charge in [0.05, 0.1) is 11.6 Å². The van der Waals surface area contributed by atoms with E-state index in [0.717, 1.165) is 24.8 Å². The van der Waals surface area contributed by atoms with Gasteiger partial charge in [-0.05, 0) is 61.1 Å². The molecular weight excluding hydrogens is 338 g/mol. The van der Waals surface area contributed by atoms with Crippen molar-refractivity contribution in [2.75, 3.05) is 6.61 Å². The highest BCUT2D eigenvalue weighted by Crippen LogP contribution is 2.23. The Morgan fingerprint density at radius 2 is 1.92 bits per heavy atom. The maximum absolute atomic E-state index is 12.1. The monoisotopic (exact) mass is 357 g/mol. The second-order valence-corrected chi connectivity index (χ2v) is 6.63. The van der Waals surface area contributed by atoms with E-state index in [9.17, 15) is 9.59 Å². The maximum Gasteiger partial charge on any atom is 0.338 e. The van der Waals surface area contributed by atoms with Gasteiger partial charge < -0.3 is 10.1 Å². The van der Waals surface area contributed by atoms with E-state index < -0.39 is 5.97 Å². The fourth-order valence-corrected chi connectivity index (χ4v) is 3.40. The van der Waals surface area contributed by atoms with Crippen molar-refractivity contribution in [3.63, 3.8) is 0 Å². The van der Waals surface area contributed by atoms with Crippen LogP contribution in [0.1, 0.15) is 46.4 Å². The molecule has 0 saturated carbocycles. The summed E-state index contributed by atoms with van der Waals surface area (Å²) in [6, 6.07) is 12.7. The smallest absolute Gasteiger partial charge is 0.338 e. The van der Waals surface area contributed by atoms with E-state index in [4.69, 9.17) is 16.3 Å². The van der Waals surface area contributed by atoms with Gasteiger partial charge >= 0.3 is 5.97 Å². The van der Waals surface area contributed by atoms with Crippen LogP contribution in [0.5, 0.6) is 0 Å². The zero-order chi connectivity index (χ0) is 17.8. The summed E-state index contributed by atoms with van der Waals surface area (Å²) in [6.07, 6.45) is 3.18. The average molecular weight is 358 g/mol. The molecule has 0 heterocycles. The molecule has 3 rings (SSSR count). The van der Waals surface area contributed by atoms with Gasteiger partial charge in [0.25, 0.3) is 5.91 Å². The van der Waals surface area contributed by atoms with Crippen LogP contribution in [0.25, 0.3) is 0 Å². The number of halogens is 1. The number of hydrogen-bond acceptors (Lipinski definition) is 3. The van der Waals surface area contributed by atoms with Gasteiger partial charge in [-0.3, -0.25) is 4.79 Å². The quantitative estimate of drug-likeness (QED) is 0.826. The zero-order valence-electron chi connectivity index (χ0n) is 14.0. The Hall–Kier alpha value is -2.33. The van der Waals surface area contributed by atoms with Gasteiger partial charge in [0.1, 0.15) is 0 Å². The summed E-state index contributed by atoms with van der Waals surface area (Å²) in [5.74, 6) is -0.836. The van der Waals surface area contributed by atoms with Crippen LogP contribution in [-0.4, -0.2) is 18.5 Å². The van der Waals surface area contributed by atoms with E-state index in [2.05, 4.69) is 5.32 Å². The van der Waals surface area contributed by atoms with Crippen LogP contribution in [0.15, 0.2) is 42.5 Å². The number of amides is 1. The van der Waals surface area contributed by atoms with Gasteiger partial charge in [0.15, 0.2) is 6.61 Å². The van der Waals surface area contributed by atoms with E-state index in [1.165, 1.54) is 11.1 Å². The molecule has 5 heteroatoms. The third-order valence-electron chi connectivity index (χ3n) is 4.42. The minimum atomic E-state index is -0.477. The maximum atomic E-state index is 12.1. The van der Waals surface area contributed by atoms with Gasteiger partial charge in [-0.15, -0.1) is 0 Å². The van der Waals surface area contributed by atoms with Gasteiger partial charge in [-0.25, -0.2) is 4.79 Å². The molecule has 1 aliphatic rings. The molecule has 0 aromatic heterocycles. The number of benzene rings is 2. The largest absolute Gasteiger partial charge is 0.452 e. The SMILES string of the molecule is C[C@@H](NC(=O)COC(=O)c1ccc2c(c1)CCC2)c1ccccc1Cl. The number of fused-ring (bicyclic) bond motifs is 1. The predicted molar refractivity (Wildman–Crippen MR) is 96.8 cm³/mol. The molecule has 1 aliphatic carbocycles. The highest BCUT2D eigenvalue weighted by molar-refractivity contribution is 6.31. The summed E-state index contributed by atoms with van der Waals surface area (Å²) < 4.78 is 5.13. The van der Waals surface area contributed by atoms with Gasteiger partial charge in [0.2, 0.25) is 0 Å². The summed E-state index contributed by atoms with van der Waals surface area (Å²) in [5.41, 5.74) is 3.81. The molecule has 0 saturated heterocycles. The molecule has 25 heavy (non-hydrogen) atoms. The Labute approximate surface area is 152 Å². The fourth-order valence-electron chi connectivity index (χ4n) is 3.10. The van der Waals surface area contributed by atoms with E-state index in [0.29, 0.717) is 10.6 Å². The van der Waals surface area contributed by atoms with Crippen molar-refractivity contribution in [3.8, 4) is 0 Å². The Morgan fingerprint density at radius 1 is 1.16 bits per heavy atom. The molecule has 0 spiro atoms. The number of rotatable bonds is 5. The molecule has 0 unspecified atom stereocenters. The minimum absolute atomic E-state index is 0.264. The molecule has 130 valence electrons. The summed E-state index contributed by atoms with van der Waals surface area (Å²) in [7, 11) is 0. The molecule has 4 nitrogen and oxygen atoms in total. The molecular formula is C20H20ClNO3. The number of aryl methyl sites for hydroxylation is 2. The zero-order valence-corrected chi connectivity index (χ0v) is 14.8. The van der Waals surface area contributed by atoms with Gasteiger partial charge in [-0.1, -0.05) is 35.9 Å². The van der Waals surface area contributed by atoms with Crippen LogP contribution in [0.3, 0.4) is 0 Å². The molecule has 0 aliphatic heterocycles. The van der Waals surface area contributed by atoms with Crippen molar-refractivity contribution in [1.82, 2.24) is 5.32 Å².